The van der Waals surface area contributed by atoms with Gasteiger partial charge in [0.05, 0.1) is 43.5 Å². The van der Waals surface area contributed by atoms with E-state index in [-0.39, 0.29) is 12.1 Å². The van der Waals surface area contributed by atoms with Crippen LogP contribution in [0.2, 0.25) is 0 Å². The van der Waals surface area contributed by atoms with Crippen LogP contribution in [0.4, 0.5) is 0 Å². The van der Waals surface area contributed by atoms with Crippen molar-refractivity contribution in [2.45, 2.75) is 18.5 Å². The highest BCUT2D eigenvalue weighted by molar-refractivity contribution is 6.03. The third kappa shape index (κ3) is 1.93. The van der Waals surface area contributed by atoms with E-state index in [1.165, 1.54) is 0 Å². The Balaban J connectivity index is 1.75. The molecule has 3 heterocycles. The van der Waals surface area contributed by atoms with E-state index in [9.17, 15) is 0 Å². The second-order valence-electron chi connectivity index (χ2n) is 4.11. The summed E-state index contributed by atoms with van der Waals surface area (Å²) >= 11 is 0. The Morgan fingerprint density at radius 1 is 1.38 bits per heavy atom. The molecule has 0 amide bonds. The molecule has 5 heteroatoms. The topological polar surface area (TPSA) is 55.2 Å². The van der Waals surface area contributed by atoms with Crippen molar-refractivity contribution in [1.82, 2.24) is 5.32 Å². The van der Waals surface area contributed by atoms with Crippen molar-refractivity contribution in [2.24, 2.45) is 9.98 Å². The Morgan fingerprint density at radius 3 is 3.12 bits per heavy atom. The van der Waals surface area contributed by atoms with Gasteiger partial charge in [-0.05, 0) is 12.5 Å². The van der Waals surface area contributed by atoms with Crippen molar-refractivity contribution in [1.29, 1.82) is 0 Å². The van der Waals surface area contributed by atoms with Gasteiger partial charge in [0.25, 0.3) is 0 Å². The maximum absolute atomic E-state index is 5.29. The van der Waals surface area contributed by atoms with Gasteiger partial charge in [-0.3, -0.25) is 15.3 Å². The van der Waals surface area contributed by atoms with Crippen molar-refractivity contribution in [3.8, 4) is 0 Å². The van der Waals surface area contributed by atoms with Gasteiger partial charge in [-0.1, -0.05) is 6.08 Å². The molecule has 0 radical (unpaired) electrons. The van der Waals surface area contributed by atoms with Crippen LogP contribution in [0.5, 0.6) is 0 Å². The summed E-state index contributed by atoms with van der Waals surface area (Å²) in [5.74, 6) is 0. The summed E-state index contributed by atoms with van der Waals surface area (Å²) in [5, 5.41) is 3.26. The molecular formula is C11H15N3O2. The summed E-state index contributed by atoms with van der Waals surface area (Å²) < 4.78 is 10.5. The molecule has 16 heavy (non-hydrogen) atoms. The van der Waals surface area contributed by atoms with E-state index in [2.05, 4.69) is 22.5 Å². The standard InChI is InChI=1S/C11H15N3O2/c1-2-8(10-4-15-6-12-10)14-9(3-1)11-5-16-7-13-11/h1-2,9-10,12H,3-7H2. The molecule has 3 rings (SSSR count). The molecule has 0 saturated carbocycles. The number of hydrogen-bond donors (Lipinski definition) is 1. The zero-order valence-corrected chi connectivity index (χ0v) is 9.06. The molecule has 0 aliphatic carbocycles. The number of dihydropyridines is 1. The summed E-state index contributed by atoms with van der Waals surface area (Å²) in [6, 6.07) is 0.409. The molecule has 3 aliphatic heterocycles. The Labute approximate surface area is 94.2 Å². The first-order chi connectivity index (χ1) is 7.93. The zero-order chi connectivity index (χ0) is 10.8. The van der Waals surface area contributed by atoms with Crippen molar-refractivity contribution in [3.05, 3.63) is 12.2 Å². The predicted molar refractivity (Wildman–Crippen MR) is 61.0 cm³/mol. The van der Waals surface area contributed by atoms with Crippen LogP contribution in [0, 0.1) is 0 Å². The highest BCUT2D eigenvalue weighted by Crippen LogP contribution is 2.14. The Bertz CT molecular complexity index is 356. The van der Waals surface area contributed by atoms with E-state index >= 15 is 0 Å². The fourth-order valence-electron chi connectivity index (χ4n) is 2.12. The maximum atomic E-state index is 5.29. The lowest BCUT2D eigenvalue weighted by molar-refractivity contribution is 0.192. The first-order valence-electron chi connectivity index (χ1n) is 5.60. The molecule has 1 fully saturated rings. The average molecular weight is 221 g/mol. The van der Waals surface area contributed by atoms with Gasteiger partial charge in [-0.2, -0.15) is 0 Å². The highest BCUT2D eigenvalue weighted by atomic mass is 16.5. The molecule has 3 aliphatic rings. The van der Waals surface area contributed by atoms with E-state index in [1.54, 1.807) is 0 Å². The quantitative estimate of drug-likeness (QED) is 0.721. The summed E-state index contributed by atoms with van der Waals surface area (Å²) in [4.78, 5) is 9.04. The van der Waals surface area contributed by atoms with E-state index in [0.29, 0.717) is 26.7 Å². The van der Waals surface area contributed by atoms with Crippen molar-refractivity contribution in [3.63, 3.8) is 0 Å². The summed E-state index contributed by atoms with van der Waals surface area (Å²) in [7, 11) is 0. The van der Waals surface area contributed by atoms with Crippen LogP contribution in [-0.4, -0.2) is 50.2 Å². The van der Waals surface area contributed by atoms with Crippen LogP contribution < -0.4 is 5.32 Å². The second-order valence-corrected chi connectivity index (χ2v) is 4.11. The first-order valence-corrected chi connectivity index (χ1v) is 5.60. The molecule has 86 valence electrons. The Kier molecular flexibility index (Phi) is 2.82. The molecule has 2 atom stereocenters. The minimum absolute atomic E-state index is 0.171. The molecule has 0 aromatic carbocycles. The van der Waals surface area contributed by atoms with E-state index in [4.69, 9.17) is 14.5 Å². The third-order valence-electron chi connectivity index (χ3n) is 3.02. The van der Waals surface area contributed by atoms with Crippen molar-refractivity contribution in [2.75, 3.05) is 26.7 Å². The minimum atomic E-state index is 0.171. The summed E-state index contributed by atoms with van der Waals surface area (Å²) in [6.07, 6.45) is 5.17. The number of rotatable bonds is 2. The lowest BCUT2D eigenvalue weighted by Crippen LogP contribution is -2.35. The van der Waals surface area contributed by atoms with Gasteiger partial charge >= 0.3 is 0 Å². The Morgan fingerprint density at radius 2 is 2.38 bits per heavy atom. The van der Waals surface area contributed by atoms with Gasteiger partial charge in [0.1, 0.15) is 6.73 Å². The van der Waals surface area contributed by atoms with E-state index in [1.807, 2.05) is 0 Å². The second kappa shape index (κ2) is 4.45. The smallest absolute Gasteiger partial charge is 0.138 e. The summed E-state index contributed by atoms with van der Waals surface area (Å²) in [5.41, 5.74) is 2.14. The van der Waals surface area contributed by atoms with Crippen LogP contribution in [0.1, 0.15) is 6.42 Å². The lowest BCUT2D eigenvalue weighted by Gasteiger charge is -2.18. The predicted octanol–water partition coefficient (Wildman–Crippen LogP) is 0.130. The fraction of sp³-hybridized carbons (Fsp3) is 0.636. The van der Waals surface area contributed by atoms with Gasteiger partial charge in [-0.15, -0.1) is 0 Å². The molecular weight excluding hydrogens is 206 g/mol. The minimum Gasteiger partial charge on any atom is -0.364 e. The molecule has 0 aromatic heterocycles. The van der Waals surface area contributed by atoms with E-state index < -0.39 is 0 Å². The molecule has 0 aromatic rings. The molecule has 2 unspecified atom stereocenters. The fourth-order valence-corrected chi connectivity index (χ4v) is 2.12. The zero-order valence-electron chi connectivity index (χ0n) is 9.06. The molecule has 0 spiro atoms. The van der Waals surface area contributed by atoms with Gasteiger partial charge in [0.2, 0.25) is 0 Å². The van der Waals surface area contributed by atoms with Gasteiger partial charge in [-0.25, -0.2) is 0 Å². The van der Waals surface area contributed by atoms with Crippen molar-refractivity contribution < 1.29 is 9.47 Å². The molecule has 1 saturated heterocycles. The number of ether oxygens (including phenoxy) is 2. The van der Waals surface area contributed by atoms with Gasteiger partial charge in [0, 0.05) is 0 Å². The molecule has 1 N–H and O–H groups in total. The number of aliphatic imine (C=N–C) groups is 2. The third-order valence-corrected chi connectivity index (χ3v) is 3.02. The van der Waals surface area contributed by atoms with Crippen molar-refractivity contribution >= 4 is 11.4 Å². The SMILES string of the molecule is C1=CC(C2COCN2)=NC(C2=NCOC2)C1. The van der Waals surface area contributed by atoms with Crippen LogP contribution >= 0.6 is 0 Å². The Hall–Kier alpha value is -1.04. The normalized spacial score (nSPS) is 34.0. The maximum Gasteiger partial charge on any atom is 0.138 e. The number of nitrogens with one attached hydrogen (secondary N) is 1. The first kappa shape index (κ1) is 10.1. The van der Waals surface area contributed by atoms with Gasteiger partial charge < -0.3 is 9.47 Å². The van der Waals surface area contributed by atoms with Crippen LogP contribution in [0.15, 0.2) is 22.1 Å². The number of nitrogens with zero attached hydrogens (tertiary/aromatic N) is 2. The monoisotopic (exact) mass is 221 g/mol. The van der Waals surface area contributed by atoms with E-state index in [0.717, 1.165) is 17.8 Å². The average Bonchev–Trinajstić information content (AvgIpc) is 3.03. The largest absolute Gasteiger partial charge is 0.364 e. The highest BCUT2D eigenvalue weighted by Gasteiger charge is 2.25. The van der Waals surface area contributed by atoms with Gasteiger partial charge in [0.15, 0.2) is 0 Å². The van der Waals surface area contributed by atoms with Crippen LogP contribution in [0.3, 0.4) is 0 Å². The van der Waals surface area contributed by atoms with Crippen LogP contribution in [0.25, 0.3) is 0 Å². The lowest BCUT2D eigenvalue weighted by atomic mass is 10.0. The number of hydrogen-bond acceptors (Lipinski definition) is 5. The molecule has 0 bridgehead atoms. The van der Waals surface area contributed by atoms with Crippen LogP contribution in [-0.2, 0) is 9.47 Å². The molecule has 5 nitrogen and oxygen atoms in total. The summed E-state index contributed by atoms with van der Waals surface area (Å²) in [6.45, 7) is 2.44.